The number of anilines is 1. The Balaban J connectivity index is 2.48. The second-order valence-corrected chi connectivity index (χ2v) is 7.04. The fourth-order valence-corrected chi connectivity index (χ4v) is 3.65. The first kappa shape index (κ1) is 16.8. The molecular formula is C14H13FINO4S. The maximum Gasteiger partial charge on any atom is 0.264 e. The molecule has 0 radical (unpaired) electrons. The molecule has 5 nitrogen and oxygen atoms in total. The number of ether oxygens (including phenoxy) is 2. The fourth-order valence-electron chi connectivity index (χ4n) is 1.79. The van der Waals surface area contributed by atoms with Gasteiger partial charge in [0.15, 0.2) is 11.5 Å². The third-order valence-electron chi connectivity index (χ3n) is 2.85. The summed E-state index contributed by atoms with van der Waals surface area (Å²) in [6.07, 6.45) is 0. The first-order chi connectivity index (χ1) is 10.4. The average molecular weight is 437 g/mol. The third-order valence-corrected chi connectivity index (χ3v) is 5.17. The summed E-state index contributed by atoms with van der Waals surface area (Å²) in [6.45, 7) is 0. The van der Waals surface area contributed by atoms with Gasteiger partial charge in [-0.15, -0.1) is 0 Å². The van der Waals surface area contributed by atoms with Gasteiger partial charge in [-0.05, 0) is 34.7 Å². The van der Waals surface area contributed by atoms with Gasteiger partial charge in [0, 0.05) is 15.7 Å². The summed E-state index contributed by atoms with van der Waals surface area (Å²) in [7, 11) is -1.40. The Bertz CT molecular complexity index is 795. The molecule has 8 heteroatoms. The molecule has 0 saturated carbocycles. The maximum absolute atomic E-state index is 14.1. The molecule has 0 heterocycles. The van der Waals surface area contributed by atoms with E-state index in [4.69, 9.17) is 9.47 Å². The highest BCUT2D eigenvalue weighted by Gasteiger charge is 2.23. The smallest absolute Gasteiger partial charge is 0.264 e. The van der Waals surface area contributed by atoms with Gasteiger partial charge in [-0.25, -0.2) is 12.8 Å². The van der Waals surface area contributed by atoms with Gasteiger partial charge < -0.3 is 9.47 Å². The second kappa shape index (κ2) is 6.69. The van der Waals surface area contributed by atoms with Crippen molar-refractivity contribution in [1.82, 2.24) is 0 Å². The van der Waals surface area contributed by atoms with Crippen LogP contribution in [0.25, 0.3) is 0 Å². The fraction of sp³-hybridized carbons (Fsp3) is 0.143. The number of methoxy groups -OCH3 is 2. The van der Waals surface area contributed by atoms with Crippen molar-refractivity contribution in [2.24, 2.45) is 0 Å². The average Bonchev–Trinajstić information content (AvgIpc) is 2.48. The molecule has 22 heavy (non-hydrogen) atoms. The molecule has 118 valence electrons. The zero-order valence-electron chi connectivity index (χ0n) is 11.8. The zero-order chi connectivity index (χ0) is 16.3. The van der Waals surface area contributed by atoms with E-state index >= 15 is 0 Å². The molecule has 0 amide bonds. The van der Waals surface area contributed by atoms with Gasteiger partial charge in [0.1, 0.15) is 10.7 Å². The molecule has 2 rings (SSSR count). The normalized spacial score (nSPS) is 11.1. The number of halogens is 2. The van der Waals surface area contributed by atoms with Crippen molar-refractivity contribution in [3.05, 3.63) is 45.8 Å². The van der Waals surface area contributed by atoms with Gasteiger partial charge in [0.25, 0.3) is 10.0 Å². The maximum atomic E-state index is 14.1. The van der Waals surface area contributed by atoms with E-state index < -0.39 is 20.7 Å². The Morgan fingerprint density at radius 2 is 1.68 bits per heavy atom. The van der Waals surface area contributed by atoms with Crippen LogP contribution < -0.4 is 14.2 Å². The Morgan fingerprint density at radius 3 is 2.27 bits per heavy atom. The lowest BCUT2D eigenvalue weighted by molar-refractivity contribution is 0.350. The minimum atomic E-state index is -4.09. The number of sulfonamides is 1. The number of benzene rings is 2. The molecule has 0 aliphatic carbocycles. The number of hydrogen-bond donors (Lipinski definition) is 1. The van der Waals surface area contributed by atoms with Gasteiger partial charge in [-0.2, -0.15) is 0 Å². The van der Waals surface area contributed by atoms with Crippen LogP contribution in [-0.4, -0.2) is 22.6 Å². The van der Waals surface area contributed by atoms with Crippen LogP contribution in [0.4, 0.5) is 10.1 Å². The van der Waals surface area contributed by atoms with E-state index in [1.54, 1.807) is 24.3 Å². The molecule has 0 unspecified atom stereocenters. The van der Waals surface area contributed by atoms with Gasteiger partial charge in [-0.3, -0.25) is 4.72 Å². The van der Waals surface area contributed by atoms with Crippen molar-refractivity contribution in [3.63, 3.8) is 0 Å². The third kappa shape index (κ3) is 3.43. The van der Waals surface area contributed by atoms with E-state index in [2.05, 4.69) is 4.72 Å². The minimum absolute atomic E-state index is 0.119. The van der Waals surface area contributed by atoms with E-state index in [-0.39, 0.29) is 11.5 Å². The van der Waals surface area contributed by atoms with Crippen LogP contribution >= 0.6 is 22.6 Å². The lowest BCUT2D eigenvalue weighted by Gasteiger charge is -2.13. The monoisotopic (exact) mass is 437 g/mol. The lowest BCUT2D eigenvalue weighted by atomic mass is 10.3. The molecule has 0 aliphatic rings. The molecule has 0 aromatic heterocycles. The summed E-state index contributed by atoms with van der Waals surface area (Å²) < 4.78 is 51.9. The number of hydrogen-bond acceptors (Lipinski definition) is 4. The molecule has 0 fully saturated rings. The van der Waals surface area contributed by atoms with Crippen molar-refractivity contribution in [2.75, 3.05) is 18.9 Å². The van der Waals surface area contributed by atoms with E-state index in [0.29, 0.717) is 9.26 Å². The largest absolute Gasteiger partial charge is 0.493 e. The highest BCUT2D eigenvalue weighted by atomic mass is 127. The molecule has 0 saturated heterocycles. The number of nitrogens with one attached hydrogen (secondary N) is 1. The standard InChI is InChI=1S/C14H13FINO4S/c1-20-12-7-9(15)14(8-13(12)21-2)22(18,19)17-11-6-4-3-5-10(11)16/h3-8,17H,1-2H3. The quantitative estimate of drug-likeness (QED) is 0.730. The summed E-state index contributed by atoms with van der Waals surface area (Å²) in [5, 5.41) is 0. The first-order valence-corrected chi connectivity index (χ1v) is 8.64. The molecule has 0 bridgehead atoms. The topological polar surface area (TPSA) is 64.6 Å². The van der Waals surface area contributed by atoms with Crippen molar-refractivity contribution in [1.29, 1.82) is 0 Å². The number of rotatable bonds is 5. The van der Waals surface area contributed by atoms with Gasteiger partial charge >= 0.3 is 0 Å². The molecular weight excluding hydrogens is 424 g/mol. The van der Waals surface area contributed by atoms with Crippen molar-refractivity contribution < 1.29 is 22.3 Å². The second-order valence-electron chi connectivity index (χ2n) is 4.22. The Hall–Kier alpha value is -1.55. The minimum Gasteiger partial charge on any atom is -0.493 e. The highest BCUT2D eigenvalue weighted by Crippen LogP contribution is 2.33. The molecule has 1 N–H and O–H groups in total. The summed E-state index contributed by atoms with van der Waals surface area (Å²) in [5.41, 5.74) is 0.372. The Kier molecular flexibility index (Phi) is 5.12. The summed E-state index contributed by atoms with van der Waals surface area (Å²) in [6, 6.07) is 8.86. The predicted octanol–water partition coefficient (Wildman–Crippen LogP) is 3.25. The van der Waals surface area contributed by atoms with Crippen LogP contribution in [0.3, 0.4) is 0 Å². The summed E-state index contributed by atoms with van der Waals surface area (Å²) in [4.78, 5) is -0.509. The van der Waals surface area contributed by atoms with Crippen LogP contribution in [0.15, 0.2) is 41.3 Å². The van der Waals surface area contributed by atoms with Crippen LogP contribution in [0.1, 0.15) is 0 Å². The first-order valence-electron chi connectivity index (χ1n) is 6.08. The van der Waals surface area contributed by atoms with Gasteiger partial charge in [0.05, 0.1) is 19.9 Å². The molecule has 0 atom stereocenters. The lowest BCUT2D eigenvalue weighted by Crippen LogP contribution is -2.15. The molecule has 0 spiro atoms. The van der Waals surface area contributed by atoms with E-state index in [0.717, 1.165) is 12.1 Å². The number of para-hydroxylation sites is 1. The SMILES string of the molecule is COc1cc(F)c(S(=O)(=O)Nc2ccccc2I)cc1OC. The van der Waals surface area contributed by atoms with Crippen LogP contribution in [-0.2, 0) is 10.0 Å². The molecule has 2 aromatic rings. The van der Waals surface area contributed by atoms with E-state index in [9.17, 15) is 12.8 Å². The summed E-state index contributed by atoms with van der Waals surface area (Å²) in [5.74, 6) is -0.670. The molecule has 2 aromatic carbocycles. The highest BCUT2D eigenvalue weighted by molar-refractivity contribution is 14.1. The Morgan fingerprint density at radius 1 is 1.09 bits per heavy atom. The van der Waals surface area contributed by atoms with Crippen molar-refractivity contribution in [2.45, 2.75) is 4.90 Å². The van der Waals surface area contributed by atoms with Crippen LogP contribution in [0.2, 0.25) is 0 Å². The van der Waals surface area contributed by atoms with Crippen molar-refractivity contribution in [3.8, 4) is 11.5 Å². The van der Waals surface area contributed by atoms with Gasteiger partial charge in [0.2, 0.25) is 0 Å². The van der Waals surface area contributed by atoms with Crippen molar-refractivity contribution >= 4 is 38.3 Å². The predicted molar refractivity (Wildman–Crippen MR) is 89.5 cm³/mol. The zero-order valence-corrected chi connectivity index (χ0v) is 14.7. The van der Waals surface area contributed by atoms with E-state index in [1.165, 1.54) is 14.2 Å². The van der Waals surface area contributed by atoms with Crippen LogP contribution in [0, 0.1) is 9.39 Å². The van der Waals surface area contributed by atoms with Gasteiger partial charge in [-0.1, -0.05) is 12.1 Å². The van der Waals surface area contributed by atoms with Crippen LogP contribution in [0.5, 0.6) is 11.5 Å². The van der Waals surface area contributed by atoms with E-state index in [1.807, 2.05) is 22.6 Å². The molecule has 0 aliphatic heterocycles. The Labute approximate surface area is 141 Å². The summed E-state index contributed by atoms with van der Waals surface area (Å²) >= 11 is 1.99.